The van der Waals surface area contributed by atoms with Gasteiger partial charge in [-0.1, -0.05) is 30.3 Å². The van der Waals surface area contributed by atoms with Crippen molar-refractivity contribution in [2.75, 3.05) is 6.61 Å². The zero-order chi connectivity index (χ0) is 9.80. The average Bonchev–Trinajstić information content (AvgIpc) is 2.68. The van der Waals surface area contributed by atoms with Gasteiger partial charge in [0.1, 0.15) is 6.10 Å². The van der Waals surface area contributed by atoms with Gasteiger partial charge in [-0.15, -0.1) is 0 Å². The van der Waals surface area contributed by atoms with E-state index in [0.29, 0.717) is 0 Å². The third-order valence-electron chi connectivity index (χ3n) is 2.52. The molecule has 0 unspecified atom stereocenters. The molecule has 2 N–H and O–H groups in total. The van der Waals surface area contributed by atoms with Crippen molar-refractivity contribution in [3.63, 3.8) is 0 Å². The summed E-state index contributed by atoms with van der Waals surface area (Å²) in [6.07, 6.45) is 1.82. The summed E-state index contributed by atoms with van der Waals surface area (Å²) in [5.41, 5.74) is 4.14. The summed E-state index contributed by atoms with van der Waals surface area (Å²) in [5, 5.41) is 8.79. The Kier molecular flexibility index (Phi) is 3.14. The van der Waals surface area contributed by atoms with E-state index in [1.54, 1.807) is 0 Å². The van der Waals surface area contributed by atoms with E-state index < -0.39 is 0 Å². The van der Waals surface area contributed by atoms with Crippen LogP contribution in [0.1, 0.15) is 24.5 Å². The fourth-order valence-corrected chi connectivity index (χ4v) is 1.74. The van der Waals surface area contributed by atoms with Crippen LogP contribution in [0.25, 0.3) is 0 Å². The van der Waals surface area contributed by atoms with E-state index in [1.165, 1.54) is 5.56 Å². The molecule has 0 radical (unpaired) electrons. The minimum absolute atomic E-state index is 0.132. The molecular weight excluding hydrogens is 178 g/mol. The molecule has 0 bridgehead atoms. The van der Waals surface area contributed by atoms with Gasteiger partial charge in [0, 0.05) is 12.6 Å². The van der Waals surface area contributed by atoms with E-state index in [1.807, 2.05) is 18.2 Å². The summed E-state index contributed by atoms with van der Waals surface area (Å²) in [6.45, 7) is 0.211. The Hall–Kier alpha value is -0.900. The van der Waals surface area contributed by atoms with Gasteiger partial charge < -0.3 is 5.11 Å². The topological polar surface area (TPSA) is 41.5 Å². The summed E-state index contributed by atoms with van der Waals surface area (Å²) in [4.78, 5) is 5.44. The van der Waals surface area contributed by atoms with Crippen LogP contribution < -0.4 is 5.48 Å². The van der Waals surface area contributed by atoms with Gasteiger partial charge >= 0.3 is 0 Å². The Morgan fingerprint density at radius 3 is 2.86 bits per heavy atom. The highest BCUT2D eigenvalue weighted by Gasteiger charge is 2.25. The van der Waals surface area contributed by atoms with E-state index in [0.717, 1.165) is 12.8 Å². The largest absolute Gasteiger partial charge is 0.396 e. The molecule has 1 aliphatic rings. The fourth-order valence-electron chi connectivity index (χ4n) is 1.74. The van der Waals surface area contributed by atoms with Gasteiger partial charge in [0.25, 0.3) is 0 Å². The van der Waals surface area contributed by atoms with Crippen LogP contribution >= 0.6 is 0 Å². The lowest BCUT2D eigenvalue weighted by Crippen LogP contribution is -2.20. The van der Waals surface area contributed by atoms with Gasteiger partial charge in [-0.3, -0.25) is 4.84 Å². The Morgan fingerprint density at radius 1 is 1.36 bits per heavy atom. The molecule has 0 spiro atoms. The molecule has 1 aliphatic heterocycles. The molecule has 2 atom stereocenters. The summed E-state index contributed by atoms with van der Waals surface area (Å²) in [7, 11) is 0. The molecule has 2 rings (SSSR count). The van der Waals surface area contributed by atoms with E-state index in [-0.39, 0.29) is 18.8 Å². The van der Waals surface area contributed by atoms with Gasteiger partial charge in [0.2, 0.25) is 0 Å². The smallest absolute Gasteiger partial charge is 0.106 e. The number of aliphatic hydroxyl groups excluding tert-OH is 1. The standard InChI is InChI=1S/C11H15NO2/c13-7-6-10-8-11(14-12-10)9-4-2-1-3-5-9/h1-5,10-13H,6-8H2/t10-,11+/m1/s1. The number of nitrogens with one attached hydrogen (secondary N) is 1. The minimum atomic E-state index is 0.132. The number of rotatable bonds is 3. The molecule has 0 amide bonds. The number of benzene rings is 1. The molecule has 3 heteroatoms. The minimum Gasteiger partial charge on any atom is -0.396 e. The number of aliphatic hydroxyl groups is 1. The molecule has 1 aromatic rings. The van der Waals surface area contributed by atoms with Crippen LogP contribution in [-0.2, 0) is 4.84 Å². The molecule has 76 valence electrons. The van der Waals surface area contributed by atoms with Crippen LogP contribution in [0.3, 0.4) is 0 Å². The fraction of sp³-hybridized carbons (Fsp3) is 0.455. The number of hydrogen-bond donors (Lipinski definition) is 2. The molecule has 0 saturated carbocycles. The van der Waals surface area contributed by atoms with Crippen LogP contribution in [0.4, 0.5) is 0 Å². The summed E-state index contributed by atoms with van der Waals surface area (Å²) < 4.78 is 0. The predicted molar refractivity (Wildman–Crippen MR) is 53.5 cm³/mol. The van der Waals surface area contributed by atoms with E-state index in [9.17, 15) is 0 Å². The monoisotopic (exact) mass is 193 g/mol. The Balaban J connectivity index is 1.96. The van der Waals surface area contributed by atoms with Crippen LogP contribution in [0, 0.1) is 0 Å². The van der Waals surface area contributed by atoms with Crippen LogP contribution in [-0.4, -0.2) is 17.8 Å². The summed E-state index contributed by atoms with van der Waals surface area (Å²) in [6, 6.07) is 10.4. The third kappa shape index (κ3) is 2.12. The Morgan fingerprint density at radius 2 is 2.14 bits per heavy atom. The second kappa shape index (κ2) is 4.55. The molecule has 14 heavy (non-hydrogen) atoms. The third-order valence-corrected chi connectivity index (χ3v) is 2.52. The number of hydroxylamine groups is 1. The normalized spacial score (nSPS) is 26.6. The molecule has 0 aromatic heterocycles. The highest BCUT2D eigenvalue weighted by molar-refractivity contribution is 5.18. The van der Waals surface area contributed by atoms with Crippen molar-refractivity contribution < 1.29 is 9.94 Å². The molecular formula is C11H15NO2. The second-order valence-corrected chi connectivity index (χ2v) is 3.58. The van der Waals surface area contributed by atoms with Crippen molar-refractivity contribution in [2.45, 2.75) is 25.0 Å². The van der Waals surface area contributed by atoms with Crippen molar-refractivity contribution in [3.8, 4) is 0 Å². The maximum Gasteiger partial charge on any atom is 0.106 e. The first-order chi connectivity index (χ1) is 6.90. The molecule has 1 aromatic carbocycles. The van der Waals surface area contributed by atoms with E-state index >= 15 is 0 Å². The first-order valence-electron chi connectivity index (χ1n) is 4.97. The molecule has 1 saturated heterocycles. The van der Waals surface area contributed by atoms with E-state index in [4.69, 9.17) is 9.94 Å². The lowest BCUT2D eigenvalue weighted by molar-refractivity contribution is 0.0236. The van der Waals surface area contributed by atoms with Crippen molar-refractivity contribution in [2.24, 2.45) is 0 Å². The van der Waals surface area contributed by atoms with Gasteiger partial charge in [0.15, 0.2) is 0 Å². The quantitative estimate of drug-likeness (QED) is 0.762. The van der Waals surface area contributed by atoms with Gasteiger partial charge in [-0.05, 0) is 18.4 Å². The highest BCUT2D eigenvalue weighted by Crippen LogP contribution is 2.27. The molecule has 1 fully saturated rings. The predicted octanol–water partition coefficient (Wildman–Crippen LogP) is 1.40. The summed E-state index contributed by atoms with van der Waals surface area (Å²) >= 11 is 0. The maximum atomic E-state index is 8.79. The first-order valence-corrected chi connectivity index (χ1v) is 4.97. The zero-order valence-electron chi connectivity index (χ0n) is 8.02. The molecule has 1 heterocycles. The van der Waals surface area contributed by atoms with Gasteiger partial charge in [0.05, 0.1) is 0 Å². The number of hydrogen-bond acceptors (Lipinski definition) is 3. The highest BCUT2D eigenvalue weighted by atomic mass is 16.7. The van der Waals surface area contributed by atoms with Crippen molar-refractivity contribution in [3.05, 3.63) is 35.9 Å². The van der Waals surface area contributed by atoms with Crippen molar-refractivity contribution in [1.82, 2.24) is 5.48 Å². The van der Waals surface area contributed by atoms with Gasteiger partial charge in [-0.25, -0.2) is 0 Å². The van der Waals surface area contributed by atoms with Crippen molar-refractivity contribution in [1.29, 1.82) is 0 Å². The molecule has 0 aliphatic carbocycles. The zero-order valence-corrected chi connectivity index (χ0v) is 8.02. The SMILES string of the molecule is OCC[C@@H]1C[C@@H](c2ccccc2)ON1. The van der Waals surface area contributed by atoms with Crippen LogP contribution in [0.2, 0.25) is 0 Å². The van der Waals surface area contributed by atoms with Crippen LogP contribution in [0.5, 0.6) is 0 Å². The second-order valence-electron chi connectivity index (χ2n) is 3.58. The lowest BCUT2D eigenvalue weighted by Gasteiger charge is -2.06. The average molecular weight is 193 g/mol. The lowest BCUT2D eigenvalue weighted by atomic mass is 10.0. The Bertz CT molecular complexity index is 276. The van der Waals surface area contributed by atoms with E-state index in [2.05, 4.69) is 17.6 Å². The molecule has 3 nitrogen and oxygen atoms in total. The van der Waals surface area contributed by atoms with Crippen LogP contribution in [0.15, 0.2) is 30.3 Å². The van der Waals surface area contributed by atoms with Crippen molar-refractivity contribution >= 4 is 0 Å². The maximum absolute atomic E-state index is 8.79. The Labute approximate surface area is 83.7 Å². The first kappa shape index (κ1) is 9.65. The van der Waals surface area contributed by atoms with Gasteiger partial charge in [-0.2, -0.15) is 5.48 Å². The summed E-state index contributed by atoms with van der Waals surface area (Å²) in [5.74, 6) is 0.